The molecule has 40 heavy (non-hydrogen) atoms. The van der Waals surface area contributed by atoms with Crippen molar-refractivity contribution in [3.05, 3.63) is 81.8 Å². The number of carbonyl (C=O) groups is 1. The first-order chi connectivity index (χ1) is 19.2. The summed E-state index contributed by atoms with van der Waals surface area (Å²) in [4.78, 5) is 35.3. The molecular weight excluding hydrogens is 524 g/mol. The van der Waals surface area contributed by atoms with Crippen LogP contribution in [0.4, 0.5) is 4.79 Å². The summed E-state index contributed by atoms with van der Waals surface area (Å²) in [6, 6.07) is 15.8. The topological polar surface area (TPSA) is 76.9 Å². The third-order valence-electron chi connectivity index (χ3n) is 6.78. The Morgan fingerprint density at radius 1 is 1.05 bits per heavy atom. The van der Waals surface area contributed by atoms with Crippen LogP contribution in [-0.2, 0) is 24.9 Å². The van der Waals surface area contributed by atoms with Crippen LogP contribution in [0, 0.1) is 0 Å². The SMILES string of the molecule is Cn1cc(-c2cccc(OCc3ccccn3)c2)c2sc(CN3CCCN(C(=O)OC(C)(C)C)CC3)cc2c1=O. The fourth-order valence-corrected chi connectivity index (χ4v) is 6.06. The van der Waals surface area contributed by atoms with Crippen LogP contribution in [0.15, 0.2) is 65.7 Å². The molecule has 8 nitrogen and oxygen atoms in total. The zero-order valence-corrected chi connectivity index (χ0v) is 24.4. The van der Waals surface area contributed by atoms with Gasteiger partial charge in [0.05, 0.1) is 11.1 Å². The number of ether oxygens (including phenoxy) is 2. The fourth-order valence-electron chi connectivity index (χ4n) is 4.84. The van der Waals surface area contributed by atoms with E-state index in [1.165, 1.54) is 0 Å². The second-order valence-electron chi connectivity index (χ2n) is 11.1. The highest BCUT2D eigenvalue weighted by Crippen LogP contribution is 2.35. The second kappa shape index (κ2) is 11.8. The van der Waals surface area contributed by atoms with Gasteiger partial charge in [-0.05, 0) is 63.1 Å². The van der Waals surface area contributed by atoms with E-state index in [9.17, 15) is 9.59 Å². The Balaban J connectivity index is 1.34. The molecule has 1 amide bonds. The summed E-state index contributed by atoms with van der Waals surface area (Å²) in [6.07, 6.45) is 4.29. The molecule has 4 heterocycles. The maximum Gasteiger partial charge on any atom is 0.410 e. The summed E-state index contributed by atoms with van der Waals surface area (Å²) in [5.74, 6) is 0.751. The molecule has 0 atom stereocenters. The Morgan fingerprint density at radius 2 is 1.90 bits per heavy atom. The van der Waals surface area contributed by atoms with Crippen LogP contribution in [0.3, 0.4) is 0 Å². The highest BCUT2D eigenvalue weighted by Gasteiger charge is 2.25. The normalized spacial score (nSPS) is 14.8. The van der Waals surface area contributed by atoms with Crippen LogP contribution in [0.5, 0.6) is 5.75 Å². The minimum Gasteiger partial charge on any atom is -0.487 e. The molecule has 1 aliphatic rings. The van der Waals surface area contributed by atoms with E-state index in [-0.39, 0.29) is 11.7 Å². The van der Waals surface area contributed by atoms with Gasteiger partial charge in [-0.1, -0.05) is 18.2 Å². The first-order valence-corrected chi connectivity index (χ1v) is 14.4. The second-order valence-corrected chi connectivity index (χ2v) is 12.3. The molecule has 0 aliphatic carbocycles. The summed E-state index contributed by atoms with van der Waals surface area (Å²) in [7, 11) is 1.80. The molecule has 1 fully saturated rings. The monoisotopic (exact) mass is 560 g/mol. The summed E-state index contributed by atoms with van der Waals surface area (Å²) in [5, 5.41) is 0.727. The number of amides is 1. The molecule has 1 saturated heterocycles. The van der Waals surface area contributed by atoms with E-state index >= 15 is 0 Å². The number of nitrogens with zero attached hydrogens (tertiary/aromatic N) is 4. The summed E-state index contributed by atoms with van der Waals surface area (Å²) < 4.78 is 14.2. The average molecular weight is 561 g/mol. The van der Waals surface area contributed by atoms with Crippen LogP contribution in [0.1, 0.15) is 37.8 Å². The van der Waals surface area contributed by atoms with Crippen molar-refractivity contribution in [3.63, 3.8) is 0 Å². The van der Waals surface area contributed by atoms with Gasteiger partial charge in [-0.25, -0.2) is 4.79 Å². The van der Waals surface area contributed by atoms with Gasteiger partial charge >= 0.3 is 6.09 Å². The quantitative estimate of drug-likeness (QED) is 0.302. The Morgan fingerprint density at radius 3 is 2.67 bits per heavy atom. The molecule has 210 valence electrons. The molecule has 1 aliphatic heterocycles. The van der Waals surface area contributed by atoms with Gasteiger partial charge in [0.25, 0.3) is 5.56 Å². The van der Waals surface area contributed by atoms with Crippen LogP contribution < -0.4 is 10.3 Å². The van der Waals surface area contributed by atoms with Gasteiger partial charge in [-0.2, -0.15) is 0 Å². The van der Waals surface area contributed by atoms with Crippen LogP contribution in [-0.4, -0.2) is 57.2 Å². The van der Waals surface area contributed by atoms with Crippen molar-refractivity contribution in [2.45, 2.75) is 45.9 Å². The van der Waals surface area contributed by atoms with Gasteiger partial charge in [0.15, 0.2) is 0 Å². The summed E-state index contributed by atoms with van der Waals surface area (Å²) >= 11 is 1.66. The first-order valence-electron chi connectivity index (χ1n) is 13.6. The van der Waals surface area contributed by atoms with Gasteiger partial charge in [0.2, 0.25) is 0 Å². The maximum absolute atomic E-state index is 13.1. The molecule has 0 radical (unpaired) electrons. The number of rotatable bonds is 6. The van der Waals surface area contributed by atoms with Gasteiger partial charge in [0, 0.05) is 67.3 Å². The van der Waals surface area contributed by atoms with E-state index in [4.69, 9.17) is 9.47 Å². The number of thiophene rings is 1. The molecule has 0 unspecified atom stereocenters. The number of pyridine rings is 2. The number of hydrogen-bond acceptors (Lipinski definition) is 7. The van der Waals surface area contributed by atoms with Gasteiger partial charge in [-0.15, -0.1) is 11.3 Å². The molecule has 3 aromatic heterocycles. The number of benzene rings is 1. The predicted octanol–water partition coefficient (Wildman–Crippen LogP) is 5.68. The van der Waals surface area contributed by atoms with E-state index in [1.807, 2.05) is 75.5 Å². The number of hydrogen-bond donors (Lipinski definition) is 0. The molecule has 1 aromatic carbocycles. The van der Waals surface area contributed by atoms with E-state index < -0.39 is 5.60 Å². The van der Waals surface area contributed by atoms with Gasteiger partial charge in [0.1, 0.15) is 18.0 Å². The molecule has 0 bridgehead atoms. The van der Waals surface area contributed by atoms with Crippen molar-refractivity contribution in [3.8, 4) is 16.9 Å². The van der Waals surface area contributed by atoms with Crippen molar-refractivity contribution in [2.75, 3.05) is 26.2 Å². The Labute approximate surface area is 238 Å². The van der Waals surface area contributed by atoms with Crippen molar-refractivity contribution < 1.29 is 14.3 Å². The van der Waals surface area contributed by atoms with Crippen LogP contribution in [0.2, 0.25) is 0 Å². The molecular formula is C31H36N4O4S. The Hall–Kier alpha value is -3.69. The lowest BCUT2D eigenvalue weighted by Gasteiger charge is -2.26. The van der Waals surface area contributed by atoms with Crippen LogP contribution in [0.25, 0.3) is 21.2 Å². The van der Waals surface area contributed by atoms with E-state index in [1.54, 1.807) is 34.0 Å². The molecule has 0 saturated carbocycles. The zero-order valence-electron chi connectivity index (χ0n) is 23.6. The molecule has 4 aromatic rings. The third kappa shape index (κ3) is 6.71. The van der Waals surface area contributed by atoms with Gasteiger partial charge < -0.3 is 18.9 Å². The van der Waals surface area contributed by atoms with Crippen molar-refractivity contribution in [2.24, 2.45) is 7.05 Å². The smallest absolute Gasteiger partial charge is 0.410 e. The van der Waals surface area contributed by atoms with Crippen LogP contribution >= 0.6 is 11.3 Å². The zero-order chi connectivity index (χ0) is 28.3. The minimum absolute atomic E-state index is 0.00391. The summed E-state index contributed by atoms with van der Waals surface area (Å²) in [6.45, 7) is 9.73. The van der Waals surface area contributed by atoms with E-state index in [2.05, 4.69) is 9.88 Å². The third-order valence-corrected chi connectivity index (χ3v) is 7.93. The summed E-state index contributed by atoms with van der Waals surface area (Å²) in [5.41, 5.74) is 2.35. The molecule has 0 N–H and O–H groups in total. The van der Waals surface area contributed by atoms with Crippen molar-refractivity contribution in [1.82, 2.24) is 19.4 Å². The minimum atomic E-state index is -0.505. The highest BCUT2D eigenvalue weighted by atomic mass is 32.1. The highest BCUT2D eigenvalue weighted by molar-refractivity contribution is 7.19. The Kier molecular flexibility index (Phi) is 8.23. The largest absolute Gasteiger partial charge is 0.487 e. The van der Waals surface area contributed by atoms with E-state index in [0.717, 1.165) is 63.6 Å². The van der Waals surface area contributed by atoms with E-state index in [0.29, 0.717) is 19.7 Å². The molecule has 0 spiro atoms. The molecule has 5 rings (SSSR count). The Bertz CT molecular complexity index is 1540. The van der Waals surface area contributed by atoms with Crippen molar-refractivity contribution in [1.29, 1.82) is 0 Å². The van der Waals surface area contributed by atoms with Gasteiger partial charge in [-0.3, -0.25) is 14.7 Å². The lowest BCUT2D eigenvalue weighted by Crippen LogP contribution is -2.39. The first kappa shape index (κ1) is 27.9. The number of fused-ring (bicyclic) bond motifs is 1. The fraction of sp³-hybridized carbons (Fsp3) is 0.387. The lowest BCUT2D eigenvalue weighted by atomic mass is 10.1. The maximum atomic E-state index is 13.1. The number of aromatic nitrogens is 2. The number of aryl methyl sites for hydroxylation is 1. The number of carbonyl (C=O) groups excluding carboxylic acids is 1. The standard InChI is InChI=1S/C31H36N4O4S/c1-31(2,3)39-30(37)35-14-8-13-34(15-16-35)19-25-18-26-28(40-25)27(20-33(4)29(26)36)22-9-7-11-24(17-22)38-21-23-10-5-6-12-32-23/h5-7,9-12,17-18,20H,8,13-16,19,21H2,1-4H3. The molecule has 9 heteroatoms. The predicted molar refractivity (Wildman–Crippen MR) is 159 cm³/mol. The van der Waals surface area contributed by atoms with Crippen molar-refractivity contribution >= 4 is 27.5 Å². The lowest BCUT2D eigenvalue weighted by molar-refractivity contribution is 0.0257. The average Bonchev–Trinajstić information content (AvgIpc) is 3.20.